The number of rotatable bonds is 5. The molecule has 0 aliphatic rings. The molecule has 0 bridgehead atoms. The molecule has 0 saturated carbocycles. The molecule has 4 rings (SSSR count). The predicted molar refractivity (Wildman–Crippen MR) is 119 cm³/mol. The molecule has 0 saturated heterocycles. The van der Waals surface area contributed by atoms with Gasteiger partial charge in [-0.3, -0.25) is 9.36 Å². The third-order valence-electron chi connectivity index (χ3n) is 4.54. The summed E-state index contributed by atoms with van der Waals surface area (Å²) in [6, 6.07) is 6.67. The van der Waals surface area contributed by atoms with Gasteiger partial charge >= 0.3 is 0 Å². The predicted octanol–water partition coefficient (Wildman–Crippen LogP) is 4.34. The minimum atomic E-state index is -0.216. The van der Waals surface area contributed by atoms with E-state index in [0.717, 1.165) is 5.39 Å². The van der Waals surface area contributed by atoms with E-state index in [1.165, 1.54) is 10.6 Å². The molecule has 0 aliphatic heterocycles. The van der Waals surface area contributed by atoms with Crippen LogP contribution < -0.4 is 16.2 Å². The quantitative estimate of drug-likeness (QED) is 0.444. The molecule has 1 atom stereocenters. The fraction of sp³-hybridized carbons (Fsp3) is 0.150. The van der Waals surface area contributed by atoms with E-state index in [-0.39, 0.29) is 16.8 Å². The van der Waals surface area contributed by atoms with Crippen molar-refractivity contribution >= 4 is 51.3 Å². The molecule has 152 valence electrons. The zero-order chi connectivity index (χ0) is 21.3. The molecule has 2 N–H and O–H groups in total. The van der Waals surface area contributed by atoms with Crippen molar-refractivity contribution in [2.45, 2.75) is 13.0 Å². The molecule has 0 spiro atoms. The minimum absolute atomic E-state index is 0.177. The smallest absolute Gasteiger partial charge is 0.253 e. The maximum atomic E-state index is 12.4. The van der Waals surface area contributed by atoms with Gasteiger partial charge in [0.2, 0.25) is 0 Å². The number of aromatic nitrogens is 5. The van der Waals surface area contributed by atoms with E-state index in [2.05, 4.69) is 30.6 Å². The topological polar surface area (TPSA) is 97.6 Å². The van der Waals surface area contributed by atoms with Crippen molar-refractivity contribution in [1.29, 1.82) is 0 Å². The maximum absolute atomic E-state index is 12.4. The monoisotopic (exact) mass is 441 g/mol. The lowest BCUT2D eigenvalue weighted by Gasteiger charge is -2.17. The van der Waals surface area contributed by atoms with Crippen LogP contribution in [0.3, 0.4) is 0 Å². The Hall–Kier alpha value is -3.23. The Labute approximate surface area is 181 Å². The lowest BCUT2D eigenvalue weighted by molar-refractivity contribution is 0.787. The Morgan fingerprint density at radius 2 is 1.80 bits per heavy atom. The van der Waals surface area contributed by atoms with E-state index in [9.17, 15) is 4.79 Å². The standard InChI is InChI=1S/C20H17Cl2N7O/c1-11(19-24-5-3-6-25-19)27-15-9-16(30)29(2)20-13(15)8-12(10-26-20)28-14-4-7-23-18(22)17(14)21/h3-11,27H,1-2H3,(H,23,28). The van der Waals surface area contributed by atoms with Gasteiger partial charge < -0.3 is 10.6 Å². The number of fused-ring (bicyclic) bond motifs is 1. The fourth-order valence-electron chi connectivity index (χ4n) is 3.02. The summed E-state index contributed by atoms with van der Waals surface area (Å²) in [4.78, 5) is 29.4. The Balaban J connectivity index is 1.76. The average Bonchev–Trinajstić information content (AvgIpc) is 2.75. The molecular weight excluding hydrogens is 425 g/mol. The molecule has 8 nitrogen and oxygen atoms in total. The first-order valence-electron chi connectivity index (χ1n) is 9.04. The molecule has 0 amide bonds. The van der Waals surface area contributed by atoms with E-state index >= 15 is 0 Å². The van der Waals surface area contributed by atoms with Crippen molar-refractivity contribution in [1.82, 2.24) is 24.5 Å². The lowest BCUT2D eigenvalue weighted by atomic mass is 10.2. The summed E-state index contributed by atoms with van der Waals surface area (Å²) in [5.74, 6) is 0.617. The number of hydrogen-bond acceptors (Lipinski definition) is 7. The first kappa shape index (κ1) is 20.1. The molecule has 0 aromatic carbocycles. The van der Waals surface area contributed by atoms with E-state index in [4.69, 9.17) is 23.2 Å². The summed E-state index contributed by atoms with van der Waals surface area (Å²) in [6.07, 6.45) is 6.54. The van der Waals surface area contributed by atoms with Gasteiger partial charge in [0.1, 0.15) is 21.6 Å². The molecule has 0 aliphatic carbocycles. The van der Waals surface area contributed by atoms with Gasteiger partial charge in [0.15, 0.2) is 0 Å². The highest BCUT2D eigenvalue weighted by molar-refractivity contribution is 6.43. The summed E-state index contributed by atoms with van der Waals surface area (Å²) in [7, 11) is 1.68. The Morgan fingerprint density at radius 1 is 1.03 bits per heavy atom. The minimum Gasteiger partial charge on any atom is -0.375 e. The van der Waals surface area contributed by atoms with Crippen LogP contribution in [0.2, 0.25) is 10.2 Å². The van der Waals surface area contributed by atoms with Crippen LogP contribution in [-0.2, 0) is 7.05 Å². The Bertz CT molecular complexity index is 1280. The first-order valence-corrected chi connectivity index (χ1v) is 9.80. The molecule has 4 aromatic heterocycles. The third-order valence-corrected chi connectivity index (χ3v) is 5.31. The van der Waals surface area contributed by atoms with E-state index in [0.29, 0.717) is 33.6 Å². The molecule has 10 heteroatoms. The number of nitrogens with one attached hydrogen (secondary N) is 2. The normalized spacial score (nSPS) is 12.0. The summed E-state index contributed by atoms with van der Waals surface area (Å²) in [5.41, 5.74) is 2.27. The maximum Gasteiger partial charge on any atom is 0.253 e. The zero-order valence-electron chi connectivity index (χ0n) is 16.1. The van der Waals surface area contributed by atoms with Crippen LogP contribution in [0.5, 0.6) is 0 Å². The average molecular weight is 442 g/mol. The second kappa shape index (κ2) is 8.25. The molecule has 0 radical (unpaired) electrons. The van der Waals surface area contributed by atoms with Gasteiger partial charge in [0.05, 0.1) is 29.3 Å². The number of hydrogen-bond donors (Lipinski definition) is 2. The van der Waals surface area contributed by atoms with Crippen LogP contribution >= 0.6 is 23.2 Å². The molecule has 1 unspecified atom stereocenters. The van der Waals surface area contributed by atoms with Gasteiger partial charge in [-0.2, -0.15) is 0 Å². The fourth-order valence-corrected chi connectivity index (χ4v) is 3.33. The van der Waals surface area contributed by atoms with E-state index in [1.807, 2.05) is 13.0 Å². The van der Waals surface area contributed by atoms with Crippen molar-refractivity contribution in [2.24, 2.45) is 7.05 Å². The number of nitrogens with zero attached hydrogens (tertiary/aromatic N) is 5. The van der Waals surface area contributed by atoms with Crippen molar-refractivity contribution in [2.75, 3.05) is 10.6 Å². The lowest BCUT2D eigenvalue weighted by Crippen LogP contribution is -2.19. The van der Waals surface area contributed by atoms with Gasteiger partial charge in [-0.15, -0.1) is 0 Å². The van der Waals surface area contributed by atoms with Crippen molar-refractivity contribution in [3.05, 3.63) is 75.4 Å². The third kappa shape index (κ3) is 3.92. The van der Waals surface area contributed by atoms with Gasteiger partial charge in [-0.25, -0.2) is 19.9 Å². The summed E-state index contributed by atoms with van der Waals surface area (Å²) in [6.45, 7) is 1.92. The SMILES string of the molecule is CC(Nc1cc(=O)n(C)c2ncc(Nc3ccnc(Cl)c3Cl)cc12)c1ncccn1. The Morgan fingerprint density at radius 3 is 2.57 bits per heavy atom. The van der Waals surface area contributed by atoms with E-state index in [1.54, 1.807) is 44.0 Å². The van der Waals surface area contributed by atoms with Crippen LogP contribution in [0.1, 0.15) is 18.8 Å². The second-order valence-electron chi connectivity index (χ2n) is 6.61. The number of aryl methyl sites for hydroxylation is 1. The highest BCUT2D eigenvalue weighted by Crippen LogP contribution is 2.32. The summed E-state index contributed by atoms with van der Waals surface area (Å²) < 4.78 is 1.49. The highest BCUT2D eigenvalue weighted by atomic mass is 35.5. The van der Waals surface area contributed by atoms with Gasteiger partial charge in [-0.1, -0.05) is 23.2 Å². The van der Waals surface area contributed by atoms with Crippen LogP contribution in [0.25, 0.3) is 11.0 Å². The van der Waals surface area contributed by atoms with Crippen molar-refractivity contribution in [3.8, 4) is 0 Å². The molecule has 30 heavy (non-hydrogen) atoms. The highest BCUT2D eigenvalue weighted by Gasteiger charge is 2.14. The zero-order valence-corrected chi connectivity index (χ0v) is 17.6. The van der Waals surface area contributed by atoms with Crippen LogP contribution in [-0.4, -0.2) is 24.5 Å². The number of pyridine rings is 3. The van der Waals surface area contributed by atoms with Crippen LogP contribution in [0.4, 0.5) is 17.1 Å². The van der Waals surface area contributed by atoms with Gasteiger partial charge in [-0.05, 0) is 25.1 Å². The molecule has 4 heterocycles. The largest absolute Gasteiger partial charge is 0.375 e. The van der Waals surface area contributed by atoms with Crippen LogP contribution in [0, 0.1) is 0 Å². The number of halogens is 2. The first-order chi connectivity index (χ1) is 14.4. The molecule has 0 fully saturated rings. The van der Waals surface area contributed by atoms with E-state index < -0.39 is 0 Å². The van der Waals surface area contributed by atoms with Crippen molar-refractivity contribution < 1.29 is 0 Å². The second-order valence-corrected chi connectivity index (χ2v) is 7.35. The number of anilines is 3. The Kier molecular flexibility index (Phi) is 5.52. The molecular formula is C20H17Cl2N7O. The van der Waals surface area contributed by atoms with Crippen molar-refractivity contribution in [3.63, 3.8) is 0 Å². The molecule has 4 aromatic rings. The summed E-state index contributed by atoms with van der Waals surface area (Å²) >= 11 is 12.2. The van der Waals surface area contributed by atoms with Gasteiger partial charge in [0.25, 0.3) is 5.56 Å². The summed E-state index contributed by atoms with van der Waals surface area (Å²) in [5, 5.41) is 7.78. The van der Waals surface area contributed by atoms with Gasteiger partial charge in [0, 0.05) is 37.1 Å². The van der Waals surface area contributed by atoms with Crippen LogP contribution in [0.15, 0.2) is 53.8 Å².